The van der Waals surface area contributed by atoms with Crippen molar-refractivity contribution in [2.24, 2.45) is 5.92 Å². The van der Waals surface area contributed by atoms with Crippen LogP contribution in [0.4, 0.5) is 5.69 Å². The van der Waals surface area contributed by atoms with Gasteiger partial charge in [0, 0.05) is 18.2 Å². The van der Waals surface area contributed by atoms with Gasteiger partial charge in [0.1, 0.15) is 5.75 Å². The molecule has 4 rings (SSSR count). The van der Waals surface area contributed by atoms with E-state index >= 15 is 0 Å². The minimum atomic E-state index is -0.463. The zero-order chi connectivity index (χ0) is 24.8. The van der Waals surface area contributed by atoms with E-state index in [1.165, 1.54) is 12.8 Å². The average molecular weight is 481 g/mol. The number of benzene rings is 2. The molecule has 2 amide bonds. The average Bonchev–Trinajstić information content (AvgIpc) is 3.16. The lowest BCUT2D eigenvalue weighted by Crippen LogP contribution is -2.50. The summed E-state index contributed by atoms with van der Waals surface area (Å²) in [5, 5.41) is 3.33. The first-order chi connectivity index (χ1) is 17.0. The van der Waals surface area contributed by atoms with Crippen LogP contribution in [0.5, 0.6) is 17.2 Å². The van der Waals surface area contributed by atoms with Crippen molar-refractivity contribution in [3.63, 3.8) is 0 Å². The molecular formula is C28H36N2O5. The van der Waals surface area contributed by atoms with Gasteiger partial charge in [0.05, 0.1) is 33.3 Å². The van der Waals surface area contributed by atoms with Crippen molar-refractivity contribution in [3.05, 3.63) is 48.0 Å². The fourth-order valence-electron chi connectivity index (χ4n) is 5.36. The molecule has 1 aliphatic carbocycles. The Labute approximate surface area is 207 Å². The predicted molar refractivity (Wildman–Crippen MR) is 135 cm³/mol. The fourth-order valence-corrected chi connectivity index (χ4v) is 5.36. The van der Waals surface area contributed by atoms with Gasteiger partial charge in [0.15, 0.2) is 11.5 Å². The third-order valence-electron chi connectivity index (χ3n) is 7.24. The molecule has 1 heterocycles. The molecule has 0 spiro atoms. The number of rotatable bonds is 7. The maximum atomic E-state index is 13.7. The summed E-state index contributed by atoms with van der Waals surface area (Å²) in [4.78, 5) is 28.8. The highest BCUT2D eigenvalue weighted by atomic mass is 16.5. The Morgan fingerprint density at radius 3 is 2.17 bits per heavy atom. The minimum Gasteiger partial charge on any atom is -0.497 e. The Bertz CT molecular complexity index is 1010. The van der Waals surface area contributed by atoms with E-state index in [0.29, 0.717) is 30.1 Å². The first-order valence-electron chi connectivity index (χ1n) is 12.5. The van der Waals surface area contributed by atoms with Crippen LogP contribution in [0.1, 0.15) is 63.0 Å². The van der Waals surface area contributed by atoms with E-state index < -0.39 is 6.04 Å². The number of piperidine rings is 1. The molecule has 35 heavy (non-hydrogen) atoms. The quantitative estimate of drug-likeness (QED) is 0.562. The molecule has 7 heteroatoms. The fraction of sp³-hybridized carbons (Fsp3) is 0.500. The molecule has 2 fully saturated rings. The van der Waals surface area contributed by atoms with Gasteiger partial charge in [-0.25, -0.2) is 0 Å². The first-order valence-corrected chi connectivity index (χ1v) is 12.5. The van der Waals surface area contributed by atoms with Crippen LogP contribution in [-0.4, -0.2) is 39.2 Å². The van der Waals surface area contributed by atoms with Crippen LogP contribution >= 0.6 is 0 Å². The van der Waals surface area contributed by atoms with Crippen LogP contribution in [0, 0.1) is 5.92 Å². The number of hydrogen-bond donors (Lipinski definition) is 1. The zero-order valence-corrected chi connectivity index (χ0v) is 20.9. The lowest BCUT2D eigenvalue weighted by Gasteiger charge is -2.41. The summed E-state index contributed by atoms with van der Waals surface area (Å²) in [6.45, 7) is 0. The lowest BCUT2D eigenvalue weighted by atomic mass is 9.82. The second kappa shape index (κ2) is 11.5. The summed E-state index contributed by atoms with van der Waals surface area (Å²) in [5.74, 6) is 1.52. The summed E-state index contributed by atoms with van der Waals surface area (Å²) in [6, 6.07) is 12.8. The van der Waals surface area contributed by atoms with Gasteiger partial charge in [-0.05, 0) is 61.2 Å². The molecule has 2 aliphatic rings. The number of carbonyl (C=O) groups excluding carboxylic acids is 2. The van der Waals surface area contributed by atoms with Crippen molar-refractivity contribution < 1.29 is 23.8 Å². The molecule has 2 unspecified atom stereocenters. The van der Waals surface area contributed by atoms with Gasteiger partial charge in [-0.15, -0.1) is 0 Å². The van der Waals surface area contributed by atoms with Crippen molar-refractivity contribution in [2.75, 3.05) is 26.2 Å². The summed E-state index contributed by atoms with van der Waals surface area (Å²) >= 11 is 0. The maximum Gasteiger partial charge on any atom is 0.227 e. The van der Waals surface area contributed by atoms with Crippen LogP contribution in [0.3, 0.4) is 0 Å². The van der Waals surface area contributed by atoms with E-state index in [0.717, 1.165) is 36.9 Å². The molecule has 2 atom stereocenters. The SMILES string of the molecule is COc1ccc(N2C(=O)CCC(C(=O)NC3CCCCCC3)C2c2ccc(OC)c(OC)c2)cc1. The molecule has 1 aliphatic heterocycles. The summed E-state index contributed by atoms with van der Waals surface area (Å²) < 4.78 is 16.3. The van der Waals surface area contributed by atoms with Crippen molar-refractivity contribution in [2.45, 2.75) is 63.5 Å². The number of anilines is 1. The van der Waals surface area contributed by atoms with Gasteiger partial charge in [-0.2, -0.15) is 0 Å². The monoisotopic (exact) mass is 480 g/mol. The third kappa shape index (κ3) is 5.55. The summed E-state index contributed by atoms with van der Waals surface area (Å²) in [5.41, 5.74) is 1.58. The first kappa shape index (κ1) is 24.9. The smallest absolute Gasteiger partial charge is 0.227 e. The number of methoxy groups -OCH3 is 3. The van der Waals surface area contributed by atoms with Crippen molar-refractivity contribution >= 4 is 17.5 Å². The van der Waals surface area contributed by atoms with E-state index in [1.807, 2.05) is 42.5 Å². The highest BCUT2D eigenvalue weighted by Gasteiger charge is 2.42. The minimum absolute atomic E-state index is 0.00605. The van der Waals surface area contributed by atoms with Gasteiger partial charge in [-0.1, -0.05) is 31.7 Å². The number of amides is 2. The predicted octanol–water partition coefficient (Wildman–Crippen LogP) is 5.04. The van der Waals surface area contributed by atoms with E-state index in [4.69, 9.17) is 14.2 Å². The molecule has 7 nitrogen and oxygen atoms in total. The zero-order valence-electron chi connectivity index (χ0n) is 20.9. The van der Waals surface area contributed by atoms with Crippen LogP contribution in [0.15, 0.2) is 42.5 Å². The van der Waals surface area contributed by atoms with Gasteiger partial charge in [0.25, 0.3) is 0 Å². The van der Waals surface area contributed by atoms with E-state index in [-0.39, 0.29) is 23.8 Å². The van der Waals surface area contributed by atoms with Crippen molar-refractivity contribution in [1.82, 2.24) is 5.32 Å². The second-order valence-corrected chi connectivity index (χ2v) is 9.36. The van der Waals surface area contributed by atoms with Crippen LogP contribution in [0.2, 0.25) is 0 Å². The van der Waals surface area contributed by atoms with E-state index in [1.54, 1.807) is 26.2 Å². The Kier molecular flexibility index (Phi) is 8.16. The van der Waals surface area contributed by atoms with Gasteiger partial charge in [-0.3, -0.25) is 9.59 Å². The summed E-state index contributed by atoms with van der Waals surface area (Å²) in [6.07, 6.45) is 7.59. The van der Waals surface area contributed by atoms with Gasteiger partial charge in [0.2, 0.25) is 11.8 Å². The molecule has 1 N–H and O–H groups in total. The van der Waals surface area contributed by atoms with Crippen molar-refractivity contribution in [1.29, 1.82) is 0 Å². The molecule has 1 saturated heterocycles. The molecule has 2 aromatic carbocycles. The Balaban J connectivity index is 1.72. The molecule has 0 radical (unpaired) electrons. The second-order valence-electron chi connectivity index (χ2n) is 9.36. The molecule has 1 saturated carbocycles. The number of hydrogen-bond acceptors (Lipinski definition) is 5. The van der Waals surface area contributed by atoms with Crippen LogP contribution in [-0.2, 0) is 9.59 Å². The van der Waals surface area contributed by atoms with Crippen molar-refractivity contribution in [3.8, 4) is 17.2 Å². The number of nitrogens with one attached hydrogen (secondary N) is 1. The van der Waals surface area contributed by atoms with E-state index in [2.05, 4.69) is 5.32 Å². The molecule has 0 aromatic heterocycles. The molecule has 188 valence electrons. The highest BCUT2D eigenvalue weighted by molar-refractivity contribution is 5.97. The van der Waals surface area contributed by atoms with E-state index in [9.17, 15) is 9.59 Å². The van der Waals surface area contributed by atoms with Gasteiger partial charge >= 0.3 is 0 Å². The van der Waals surface area contributed by atoms with Crippen LogP contribution < -0.4 is 24.4 Å². The molecule has 2 aromatic rings. The lowest BCUT2D eigenvalue weighted by molar-refractivity contribution is -0.130. The summed E-state index contributed by atoms with van der Waals surface area (Å²) in [7, 11) is 4.79. The Hall–Kier alpha value is -3.22. The maximum absolute atomic E-state index is 13.7. The topological polar surface area (TPSA) is 77.1 Å². The number of carbonyl (C=O) groups is 2. The number of ether oxygens (including phenoxy) is 3. The Morgan fingerprint density at radius 2 is 1.54 bits per heavy atom. The number of nitrogens with zero attached hydrogens (tertiary/aromatic N) is 1. The van der Waals surface area contributed by atoms with Gasteiger partial charge < -0.3 is 24.4 Å². The standard InChI is InChI=1S/C28H36N2O5/c1-33-22-13-11-21(12-14-22)30-26(31)17-15-23(28(32)29-20-8-6-4-5-7-9-20)27(30)19-10-16-24(34-2)25(18-19)35-3/h10-14,16,18,20,23,27H,4-9,15,17H2,1-3H3,(H,29,32). The highest BCUT2D eigenvalue weighted by Crippen LogP contribution is 2.43. The molecule has 0 bridgehead atoms. The molecular weight excluding hydrogens is 444 g/mol. The Morgan fingerprint density at radius 1 is 0.857 bits per heavy atom. The third-order valence-corrected chi connectivity index (χ3v) is 7.24. The largest absolute Gasteiger partial charge is 0.497 e. The van der Waals surface area contributed by atoms with Crippen LogP contribution in [0.25, 0.3) is 0 Å². The normalized spacial score (nSPS) is 21.2.